The Kier molecular flexibility index (Phi) is 5.40. The molecular formula is C21H31N2O+. The second-order valence-electron chi connectivity index (χ2n) is 7.52. The molecule has 1 fully saturated rings. The molecule has 1 aliphatic rings. The molecule has 130 valence electrons. The summed E-state index contributed by atoms with van der Waals surface area (Å²) in [6.07, 6.45) is 7.32. The first-order valence-electron chi connectivity index (χ1n) is 9.59. The van der Waals surface area contributed by atoms with Crippen LogP contribution in [0.2, 0.25) is 0 Å². The number of unbranched alkanes of at least 4 members (excludes halogenated alkanes) is 1. The molecule has 2 unspecified atom stereocenters. The Morgan fingerprint density at radius 2 is 2.12 bits per heavy atom. The van der Waals surface area contributed by atoms with Gasteiger partial charge in [0.1, 0.15) is 6.54 Å². The number of fused-ring (bicyclic) bond motifs is 1. The highest BCUT2D eigenvalue weighted by molar-refractivity contribution is 5.80. The summed E-state index contributed by atoms with van der Waals surface area (Å²) in [7, 11) is 0. The van der Waals surface area contributed by atoms with E-state index in [-0.39, 0.29) is 5.43 Å². The van der Waals surface area contributed by atoms with Gasteiger partial charge in [-0.2, -0.15) is 0 Å². The largest absolute Gasteiger partial charge is 0.358 e. The van der Waals surface area contributed by atoms with Crippen molar-refractivity contribution >= 4 is 10.9 Å². The smallest absolute Gasteiger partial charge is 0.198 e. The molecule has 0 bridgehead atoms. The number of hydrogen-bond acceptors (Lipinski definition) is 1. The van der Waals surface area contributed by atoms with E-state index in [1.165, 1.54) is 44.2 Å². The zero-order valence-corrected chi connectivity index (χ0v) is 15.4. The summed E-state index contributed by atoms with van der Waals surface area (Å²) in [5.41, 5.74) is 4.52. The maximum absolute atomic E-state index is 13.1. The van der Waals surface area contributed by atoms with E-state index in [4.69, 9.17) is 0 Å². The Balaban J connectivity index is 1.96. The first-order chi connectivity index (χ1) is 11.6. The number of nitrogens with one attached hydrogen (secondary N) is 2. The third-order valence-corrected chi connectivity index (χ3v) is 5.68. The van der Waals surface area contributed by atoms with E-state index in [0.717, 1.165) is 35.1 Å². The van der Waals surface area contributed by atoms with Crippen LogP contribution in [0.3, 0.4) is 0 Å². The zero-order chi connectivity index (χ0) is 17.1. The minimum atomic E-state index is 0.241. The summed E-state index contributed by atoms with van der Waals surface area (Å²) in [6, 6.07) is 7.01. The lowest BCUT2D eigenvalue weighted by Crippen LogP contribution is -3.15. The number of aryl methyl sites for hydroxylation is 2. The van der Waals surface area contributed by atoms with Gasteiger partial charge in [-0.15, -0.1) is 0 Å². The van der Waals surface area contributed by atoms with Crippen molar-refractivity contribution in [1.82, 2.24) is 4.98 Å². The summed E-state index contributed by atoms with van der Waals surface area (Å²) >= 11 is 0. The van der Waals surface area contributed by atoms with E-state index >= 15 is 0 Å². The SMILES string of the molecule is CCCCc1ccc2[nH]c(C)c(C[NH+]3CCCCC3C)c(=O)c2c1. The van der Waals surface area contributed by atoms with Gasteiger partial charge in [0.2, 0.25) is 0 Å². The number of hydrogen-bond donors (Lipinski definition) is 2. The zero-order valence-electron chi connectivity index (χ0n) is 15.4. The number of pyridine rings is 1. The Morgan fingerprint density at radius 3 is 2.88 bits per heavy atom. The van der Waals surface area contributed by atoms with Crippen LogP contribution >= 0.6 is 0 Å². The Labute approximate surface area is 145 Å². The van der Waals surface area contributed by atoms with Crippen LogP contribution in [-0.4, -0.2) is 17.6 Å². The predicted octanol–water partition coefficient (Wildman–Crippen LogP) is 3.14. The summed E-state index contributed by atoms with van der Waals surface area (Å²) in [5, 5.41) is 0.869. The molecule has 3 rings (SSSR count). The molecule has 0 radical (unpaired) electrons. The highest BCUT2D eigenvalue weighted by atomic mass is 16.1. The fourth-order valence-electron chi connectivity index (χ4n) is 3.99. The van der Waals surface area contributed by atoms with E-state index in [1.54, 1.807) is 4.90 Å². The van der Waals surface area contributed by atoms with Crippen molar-refractivity contribution in [2.24, 2.45) is 0 Å². The lowest BCUT2D eigenvalue weighted by Gasteiger charge is -2.30. The third kappa shape index (κ3) is 3.56. The molecule has 2 aromatic rings. The van der Waals surface area contributed by atoms with E-state index in [2.05, 4.69) is 44.0 Å². The third-order valence-electron chi connectivity index (χ3n) is 5.68. The van der Waals surface area contributed by atoms with Crippen LogP contribution in [0.5, 0.6) is 0 Å². The molecule has 2 atom stereocenters. The van der Waals surface area contributed by atoms with Crippen LogP contribution < -0.4 is 10.3 Å². The molecular weight excluding hydrogens is 296 g/mol. The van der Waals surface area contributed by atoms with Crippen LogP contribution in [-0.2, 0) is 13.0 Å². The second kappa shape index (κ2) is 7.52. The Bertz CT molecular complexity index is 762. The van der Waals surface area contributed by atoms with E-state index in [1.807, 2.05) is 0 Å². The number of piperidine rings is 1. The van der Waals surface area contributed by atoms with E-state index in [0.29, 0.717) is 6.04 Å². The molecule has 0 saturated carbocycles. The van der Waals surface area contributed by atoms with Crippen LogP contribution in [0.25, 0.3) is 10.9 Å². The maximum Gasteiger partial charge on any atom is 0.198 e. The number of aromatic amines is 1. The van der Waals surface area contributed by atoms with Crippen molar-refractivity contribution in [3.05, 3.63) is 45.2 Å². The number of likely N-dealkylation sites (tertiary alicyclic amines) is 1. The van der Waals surface area contributed by atoms with Crippen molar-refractivity contribution in [2.75, 3.05) is 6.54 Å². The summed E-state index contributed by atoms with van der Waals surface area (Å²) in [5.74, 6) is 0. The van der Waals surface area contributed by atoms with Crippen molar-refractivity contribution in [3.63, 3.8) is 0 Å². The molecule has 0 spiro atoms. The highest BCUT2D eigenvalue weighted by Gasteiger charge is 2.24. The summed E-state index contributed by atoms with van der Waals surface area (Å²) in [4.78, 5) is 18.2. The van der Waals surface area contributed by atoms with Crippen molar-refractivity contribution in [1.29, 1.82) is 0 Å². The first-order valence-corrected chi connectivity index (χ1v) is 9.59. The molecule has 1 saturated heterocycles. The van der Waals surface area contributed by atoms with Gasteiger partial charge in [-0.1, -0.05) is 19.4 Å². The molecule has 24 heavy (non-hydrogen) atoms. The van der Waals surface area contributed by atoms with E-state index in [9.17, 15) is 4.79 Å². The van der Waals surface area contributed by atoms with Gasteiger partial charge >= 0.3 is 0 Å². The molecule has 3 heteroatoms. The molecule has 2 heterocycles. The van der Waals surface area contributed by atoms with Crippen LogP contribution in [0.15, 0.2) is 23.0 Å². The number of aromatic nitrogens is 1. The number of benzene rings is 1. The number of quaternary nitrogens is 1. The molecule has 1 aromatic carbocycles. The average Bonchev–Trinajstić information content (AvgIpc) is 2.58. The predicted molar refractivity (Wildman–Crippen MR) is 101 cm³/mol. The minimum absolute atomic E-state index is 0.241. The summed E-state index contributed by atoms with van der Waals surface area (Å²) < 4.78 is 0. The topological polar surface area (TPSA) is 37.3 Å². The average molecular weight is 327 g/mol. The standard InChI is InChI=1S/C21H30N2O/c1-4-5-9-17-10-11-20-18(13-17)21(24)19(16(3)22-20)14-23-12-7-6-8-15(23)2/h10-11,13,15H,4-9,12,14H2,1-3H3,(H,22,24)/p+1. The van der Waals surface area contributed by atoms with Crippen molar-refractivity contribution in [3.8, 4) is 0 Å². The van der Waals surface area contributed by atoms with E-state index < -0.39 is 0 Å². The fraction of sp³-hybridized carbons (Fsp3) is 0.571. The van der Waals surface area contributed by atoms with Gasteiger partial charge in [0.05, 0.1) is 18.2 Å². The van der Waals surface area contributed by atoms with Crippen molar-refractivity contribution < 1.29 is 4.90 Å². The lowest BCUT2D eigenvalue weighted by atomic mass is 10.0. The van der Waals surface area contributed by atoms with Gasteiger partial charge in [-0.25, -0.2) is 0 Å². The van der Waals surface area contributed by atoms with Crippen molar-refractivity contribution in [2.45, 2.75) is 71.9 Å². The number of rotatable bonds is 5. The van der Waals surface area contributed by atoms with Gasteiger partial charge in [0.15, 0.2) is 5.43 Å². The Morgan fingerprint density at radius 1 is 1.29 bits per heavy atom. The molecule has 3 nitrogen and oxygen atoms in total. The summed E-state index contributed by atoms with van der Waals surface area (Å²) in [6.45, 7) is 8.63. The van der Waals surface area contributed by atoms with Gasteiger partial charge in [0.25, 0.3) is 0 Å². The Hall–Kier alpha value is -1.61. The van der Waals surface area contributed by atoms with Crippen LogP contribution in [0.1, 0.15) is 62.8 Å². The maximum atomic E-state index is 13.1. The van der Waals surface area contributed by atoms with Crippen LogP contribution in [0, 0.1) is 6.92 Å². The monoisotopic (exact) mass is 327 g/mol. The van der Waals surface area contributed by atoms with Gasteiger partial charge in [-0.05, 0) is 63.6 Å². The van der Waals surface area contributed by atoms with Crippen LogP contribution in [0.4, 0.5) is 0 Å². The molecule has 0 amide bonds. The second-order valence-corrected chi connectivity index (χ2v) is 7.52. The molecule has 1 aromatic heterocycles. The lowest BCUT2D eigenvalue weighted by molar-refractivity contribution is -0.942. The molecule has 2 N–H and O–H groups in total. The van der Waals surface area contributed by atoms with Gasteiger partial charge in [-0.3, -0.25) is 4.79 Å². The quantitative estimate of drug-likeness (QED) is 0.870. The molecule has 1 aliphatic heterocycles. The first kappa shape index (κ1) is 17.2. The van der Waals surface area contributed by atoms with Gasteiger partial charge < -0.3 is 9.88 Å². The number of H-pyrrole nitrogens is 1. The highest BCUT2D eigenvalue weighted by Crippen LogP contribution is 2.15. The van der Waals surface area contributed by atoms with Gasteiger partial charge in [0, 0.05) is 16.6 Å². The fourth-order valence-corrected chi connectivity index (χ4v) is 3.99. The normalized spacial score (nSPS) is 21.3. The minimum Gasteiger partial charge on any atom is -0.358 e. The molecule has 0 aliphatic carbocycles.